The number of aliphatic hydroxyl groups is 1. The molecule has 0 aromatic heterocycles. The van der Waals surface area contributed by atoms with Crippen LogP contribution in [0, 0.1) is 5.41 Å². The third kappa shape index (κ3) is 6.25. The monoisotopic (exact) mass is 296 g/mol. The van der Waals surface area contributed by atoms with E-state index in [0.717, 1.165) is 19.1 Å². The Morgan fingerprint density at radius 1 is 1.10 bits per heavy atom. The van der Waals surface area contributed by atoms with Gasteiger partial charge >= 0.3 is 0 Å². The van der Waals surface area contributed by atoms with Gasteiger partial charge in [0.2, 0.25) is 0 Å². The van der Waals surface area contributed by atoms with E-state index in [1.165, 1.54) is 77.3 Å². The molecule has 0 unspecified atom stereocenters. The highest BCUT2D eigenvalue weighted by Gasteiger charge is 2.34. The fraction of sp³-hybridized carbons (Fsp3) is 1.00. The van der Waals surface area contributed by atoms with Crippen LogP contribution in [0.5, 0.6) is 0 Å². The van der Waals surface area contributed by atoms with E-state index in [2.05, 4.69) is 17.1 Å². The van der Waals surface area contributed by atoms with E-state index >= 15 is 0 Å². The molecule has 21 heavy (non-hydrogen) atoms. The molecule has 0 atom stereocenters. The van der Waals surface area contributed by atoms with Gasteiger partial charge in [0.1, 0.15) is 0 Å². The quantitative estimate of drug-likeness (QED) is 0.608. The zero-order valence-electron chi connectivity index (χ0n) is 14.1. The number of aliphatic hydroxyl groups excluding tert-OH is 1. The van der Waals surface area contributed by atoms with Crippen molar-refractivity contribution in [2.45, 2.75) is 77.2 Å². The maximum Gasteiger partial charge on any atom is 0.0558 e. The Morgan fingerprint density at radius 2 is 1.81 bits per heavy atom. The van der Waals surface area contributed by atoms with Gasteiger partial charge in [0.15, 0.2) is 0 Å². The van der Waals surface area contributed by atoms with Crippen LogP contribution in [0.25, 0.3) is 0 Å². The summed E-state index contributed by atoms with van der Waals surface area (Å²) in [7, 11) is 0. The number of unbranched alkanes of at least 4 members (excludes halogenated alkanes) is 1. The zero-order chi connectivity index (χ0) is 15.0. The average Bonchev–Trinajstić information content (AvgIpc) is 3.31. The van der Waals surface area contributed by atoms with Crippen molar-refractivity contribution in [1.29, 1.82) is 0 Å². The molecule has 3 nitrogen and oxygen atoms in total. The van der Waals surface area contributed by atoms with Crippen molar-refractivity contribution in [2.24, 2.45) is 5.41 Å². The van der Waals surface area contributed by atoms with Crippen molar-refractivity contribution in [3.05, 3.63) is 0 Å². The molecule has 3 heteroatoms. The summed E-state index contributed by atoms with van der Waals surface area (Å²) in [4.78, 5) is 2.53. The van der Waals surface area contributed by atoms with Crippen molar-refractivity contribution in [3.63, 3.8) is 0 Å². The lowest BCUT2D eigenvalue weighted by Gasteiger charge is -2.38. The lowest BCUT2D eigenvalue weighted by atomic mass is 9.79. The summed E-state index contributed by atoms with van der Waals surface area (Å²) in [6, 6.07) is 0.812. The van der Waals surface area contributed by atoms with Crippen molar-refractivity contribution >= 4 is 0 Å². The number of rotatable bonds is 10. The molecule has 2 saturated carbocycles. The third-order valence-electron chi connectivity index (χ3n) is 5.31. The van der Waals surface area contributed by atoms with Crippen LogP contribution >= 0.6 is 0 Å². The summed E-state index contributed by atoms with van der Waals surface area (Å²) in [6.45, 7) is 6.95. The summed E-state index contributed by atoms with van der Waals surface area (Å²) >= 11 is 0. The van der Waals surface area contributed by atoms with Crippen LogP contribution in [-0.2, 0) is 0 Å². The van der Waals surface area contributed by atoms with Gasteiger partial charge in [-0.2, -0.15) is 0 Å². The molecule has 2 N–H and O–H groups in total. The van der Waals surface area contributed by atoms with E-state index in [1.807, 2.05) is 0 Å². The Labute approximate surface area is 131 Å². The molecule has 2 rings (SSSR count). The van der Waals surface area contributed by atoms with Crippen LogP contribution in [0.15, 0.2) is 0 Å². The van der Waals surface area contributed by atoms with Crippen LogP contribution in [0.4, 0.5) is 0 Å². The maximum atomic E-state index is 9.38. The molecular weight excluding hydrogens is 260 g/mol. The highest BCUT2D eigenvalue weighted by molar-refractivity contribution is 4.91. The smallest absolute Gasteiger partial charge is 0.0558 e. The second kappa shape index (κ2) is 9.12. The second-order valence-electron chi connectivity index (χ2n) is 7.42. The van der Waals surface area contributed by atoms with Gasteiger partial charge in [-0.05, 0) is 44.1 Å². The van der Waals surface area contributed by atoms with Gasteiger partial charge in [0, 0.05) is 25.7 Å². The summed E-state index contributed by atoms with van der Waals surface area (Å²) in [5.74, 6) is 0. The van der Waals surface area contributed by atoms with E-state index in [0.29, 0.717) is 12.0 Å². The Hall–Kier alpha value is -0.120. The molecule has 2 fully saturated rings. The fourth-order valence-electron chi connectivity index (χ4n) is 3.79. The van der Waals surface area contributed by atoms with Crippen LogP contribution in [0.2, 0.25) is 0 Å². The van der Waals surface area contributed by atoms with E-state index in [1.54, 1.807) is 0 Å². The molecular formula is C18H36N2O. The molecule has 2 aliphatic carbocycles. The Morgan fingerprint density at radius 3 is 2.38 bits per heavy atom. The van der Waals surface area contributed by atoms with Crippen molar-refractivity contribution in [2.75, 3.05) is 32.8 Å². The maximum absolute atomic E-state index is 9.38. The first kappa shape index (κ1) is 17.2. The Bertz CT molecular complexity index is 270. The third-order valence-corrected chi connectivity index (χ3v) is 5.31. The Balaban J connectivity index is 1.93. The average molecular weight is 296 g/mol. The van der Waals surface area contributed by atoms with Crippen LogP contribution in [0.3, 0.4) is 0 Å². The van der Waals surface area contributed by atoms with E-state index in [9.17, 15) is 5.11 Å². The first-order valence-corrected chi connectivity index (χ1v) is 9.34. The molecule has 0 aliphatic heterocycles. The van der Waals surface area contributed by atoms with Gasteiger partial charge in [-0.15, -0.1) is 0 Å². The minimum Gasteiger partial charge on any atom is -0.395 e. The zero-order valence-corrected chi connectivity index (χ0v) is 14.1. The molecule has 0 saturated heterocycles. The summed E-state index contributed by atoms with van der Waals surface area (Å²) in [5.41, 5.74) is 0.460. The molecule has 0 amide bonds. The number of hydrogen-bond acceptors (Lipinski definition) is 3. The van der Waals surface area contributed by atoms with Crippen LogP contribution in [0.1, 0.15) is 71.1 Å². The predicted molar refractivity (Wildman–Crippen MR) is 89.6 cm³/mol. The lowest BCUT2D eigenvalue weighted by Crippen LogP contribution is -2.45. The first-order valence-electron chi connectivity index (χ1n) is 9.34. The molecule has 124 valence electrons. The van der Waals surface area contributed by atoms with E-state index < -0.39 is 0 Å². The summed E-state index contributed by atoms with van der Waals surface area (Å²) < 4.78 is 0. The van der Waals surface area contributed by atoms with Crippen molar-refractivity contribution in [3.8, 4) is 0 Å². The normalized spacial score (nSPS) is 22.4. The van der Waals surface area contributed by atoms with Gasteiger partial charge in [-0.3, -0.25) is 0 Å². The molecule has 0 spiro atoms. The van der Waals surface area contributed by atoms with Gasteiger partial charge in [0.25, 0.3) is 0 Å². The largest absolute Gasteiger partial charge is 0.395 e. The highest BCUT2D eigenvalue weighted by atomic mass is 16.3. The first-order chi connectivity index (χ1) is 10.3. The molecule has 2 aliphatic rings. The van der Waals surface area contributed by atoms with Crippen molar-refractivity contribution < 1.29 is 5.11 Å². The summed E-state index contributed by atoms with van der Waals surface area (Å²) in [5, 5.41) is 13.2. The number of hydrogen-bond donors (Lipinski definition) is 2. The number of nitrogens with one attached hydrogen (secondary N) is 1. The SMILES string of the molecule is CCCCN(CCO)CC1(CNC2CC2)CCCCCC1. The van der Waals surface area contributed by atoms with E-state index in [4.69, 9.17) is 0 Å². The van der Waals surface area contributed by atoms with Gasteiger partial charge in [0.05, 0.1) is 6.61 Å². The summed E-state index contributed by atoms with van der Waals surface area (Å²) in [6.07, 6.45) is 13.6. The fourth-order valence-corrected chi connectivity index (χ4v) is 3.79. The Kier molecular flexibility index (Phi) is 7.48. The standard InChI is InChI=1S/C18H36N2O/c1-2-3-12-20(13-14-21)16-18(15-19-17-8-9-17)10-6-4-5-7-11-18/h17,19,21H,2-16H2,1H3. The van der Waals surface area contributed by atoms with Crippen LogP contribution < -0.4 is 5.32 Å². The lowest BCUT2D eigenvalue weighted by molar-refractivity contribution is 0.106. The molecule has 0 aromatic rings. The van der Waals surface area contributed by atoms with Gasteiger partial charge in [-0.1, -0.05) is 39.0 Å². The van der Waals surface area contributed by atoms with Crippen molar-refractivity contribution in [1.82, 2.24) is 10.2 Å². The predicted octanol–water partition coefficient (Wildman–Crippen LogP) is 3.17. The number of nitrogens with zero attached hydrogens (tertiary/aromatic N) is 1. The highest BCUT2D eigenvalue weighted by Crippen LogP contribution is 2.36. The molecule has 0 radical (unpaired) electrons. The second-order valence-corrected chi connectivity index (χ2v) is 7.42. The van der Waals surface area contributed by atoms with Gasteiger partial charge in [-0.25, -0.2) is 0 Å². The minimum atomic E-state index is 0.301. The molecule has 0 heterocycles. The molecule has 0 aromatic carbocycles. The molecule has 0 bridgehead atoms. The minimum absolute atomic E-state index is 0.301. The topological polar surface area (TPSA) is 35.5 Å². The van der Waals surface area contributed by atoms with Gasteiger partial charge < -0.3 is 15.3 Å². The van der Waals surface area contributed by atoms with Crippen LogP contribution in [-0.4, -0.2) is 48.8 Å². The van der Waals surface area contributed by atoms with E-state index in [-0.39, 0.29) is 0 Å².